The fraction of sp³-hybridized carbons (Fsp3) is 0.417. The van der Waals surface area contributed by atoms with Crippen molar-refractivity contribution >= 4 is 23.6 Å². The highest BCUT2D eigenvalue weighted by Crippen LogP contribution is 2.18. The molecule has 2 heterocycles. The molecule has 174 valence electrons. The molecule has 2 aromatic rings. The van der Waals surface area contributed by atoms with Gasteiger partial charge in [0.15, 0.2) is 5.78 Å². The van der Waals surface area contributed by atoms with E-state index in [1.165, 1.54) is 6.20 Å². The molecule has 33 heavy (non-hydrogen) atoms. The molecule has 0 saturated heterocycles. The summed E-state index contributed by atoms with van der Waals surface area (Å²) in [5.41, 5.74) is 2.07. The van der Waals surface area contributed by atoms with Gasteiger partial charge < -0.3 is 15.4 Å². The first kappa shape index (κ1) is 24.0. The van der Waals surface area contributed by atoms with Crippen LogP contribution >= 0.6 is 0 Å². The quantitative estimate of drug-likeness (QED) is 0.613. The van der Waals surface area contributed by atoms with Crippen LogP contribution in [0.1, 0.15) is 37.2 Å². The highest BCUT2D eigenvalue weighted by Gasteiger charge is 2.33. The highest BCUT2D eigenvalue weighted by atomic mass is 16.5. The number of benzene rings is 1. The number of aromatic nitrogens is 2. The largest absolute Gasteiger partial charge is 0.445 e. The molecule has 2 N–H and O–H groups in total. The third-order valence-corrected chi connectivity index (χ3v) is 5.40. The van der Waals surface area contributed by atoms with Crippen molar-refractivity contribution in [1.29, 1.82) is 0 Å². The average Bonchev–Trinajstić information content (AvgIpc) is 2.80. The summed E-state index contributed by atoms with van der Waals surface area (Å²) < 4.78 is 5.23. The second-order valence-electron chi connectivity index (χ2n) is 8.37. The Hall–Kier alpha value is -3.62. The van der Waals surface area contributed by atoms with Gasteiger partial charge in [0.1, 0.15) is 6.61 Å². The second kappa shape index (κ2) is 11.3. The third-order valence-electron chi connectivity index (χ3n) is 5.40. The second-order valence-corrected chi connectivity index (χ2v) is 8.37. The lowest BCUT2D eigenvalue weighted by atomic mass is 9.87. The van der Waals surface area contributed by atoms with Crippen molar-refractivity contribution in [3.63, 3.8) is 0 Å². The van der Waals surface area contributed by atoms with Gasteiger partial charge in [0.25, 0.3) is 5.91 Å². The zero-order valence-electron chi connectivity index (χ0n) is 18.7. The Morgan fingerprint density at radius 1 is 1.15 bits per heavy atom. The van der Waals surface area contributed by atoms with Crippen molar-refractivity contribution in [2.24, 2.45) is 11.8 Å². The Balaban J connectivity index is 1.68. The van der Waals surface area contributed by atoms with E-state index in [1.807, 2.05) is 30.3 Å². The summed E-state index contributed by atoms with van der Waals surface area (Å²) in [5, 5.41) is 5.18. The number of ketones is 2. The van der Waals surface area contributed by atoms with E-state index in [0.29, 0.717) is 17.8 Å². The third kappa shape index (κ3) is 6.93. The highest BCUT2D eigenvalue weighted by molar-refractivity contribution is 6.37. The van der Waals surface area contributed by atoms with E-state index in [-0.39, 0.29) is 37.7 Å². The first-order valence-corrected chi connectivity index (χ1v) is 10.9. The van der Waals surface area contributed by atoms with Gasteiger partial charge in [-0.3, -0.25) is 24.4 Å². The fourth-order valence-electron chi connectivity index (χ4n) is 3.64. The lowest BCUT2D eigenvalue weighted by Gasteiger charge is -2.23. The molecule has 0 aliphatic carbocycles. The van der Waals surface area contributed by atoms with Gasteiger partial charge in [0, 0.05) is 44.1 Å². The Labute approximate surface area is 192 Å². The Kier molecular flexibility index (Phi) is 8.23. The molecule has 0 radical (unpaired) electrons. The molecule has 1 aliphatic rings. The maximum absolute atomic E-state index is 13.1. The van der Waals surface area contributed by atoms with Crippen molar-refractivity contribution in [3.8, 4) is 0 Å². The minimum absolute atomic E-state index is 0.0714. The summed E-state index contributed by atoms with van der Waals surface area (Å²) in [5.74, 6) is -2.89. The van der Waals surface area contributed by atoms with Gasteiger partial charge in [0.2, 0.25) is 5.78 Å². The minimum atomic E-state index is -0.900. The van der Waals surface area contributed by atoms with Crippen LogP contribution < -0.4 is 10.6 Å². The summed E-state index contributed by atoms with van der Waals surface area (Å²) in [4.78, 5) is 59.1. The van der Waals surface area contributed by atoms with Crippen LogP contribution in [0.4, 0.5) is 4.79 Å². The maximum atomic E-state index is 13.1. The Morgan fingerprint density at radius 2 is 1.88 bits per heavy atom. The van der Waals surface area contributed by atoms with Gasteiger partial charge in [-0.1, -0.05) is 44.2 Å². The monoisotopic (exact) mass is 452 g/mol. The van der Waals surface area contributed by atoms with E-state index in [4.69, 9.17) is 4.74 Å². The number of amides is 2. The summed E-state index contributed by atoms with van der Waals surface area (Å²) in [6.45, 7) is 3.91. The van der Waals surface area contributed by atoms with Crippen molar-refractivity contribution in [1.82, 2.24) is 20.6 Å². The van der Waals surface area contributed by atoms with Crippen LogP contribution in [-0.4, -0.2) is 46.1 Å². The predicted octanol–water partition coefficient (Wildman–Crippen LogP) is 1.79. The topological polar surface area (TPSA) is 127 Å². The van der Waals surface area contributed by atoms with Gasteiger partial charge in [-0.25, -0.2) is 4.79 Å². The molecule has 1 aromatic carbocycles. The van der Waals surface area contributed by atoms with Gasteiger partial charge in [-0.2, -0.15) is 0 Å². The van der Waals surface area contributed by atoms with Crippen molar-refractivity contribution in [3.05, 3.63) is 59.7 Å². The maximum Gasteiger partial charge on any atom is 0.408 e. The van der Waals surface area contributed by atoms with Crippen LogP contribution in [0.25, 0.3) is 0 Å². The molecular weight excluding hydrogens is 424 g/mol. The zero-order chi connectivity index (χ0) is 23.8. The molecular formula is C24H28N4O5. The SMILES string of the molecule is CC(C)C(NC(=O)OCc1ccccc1)C(=O)CC1Cc2cncc(n2)CCNC(=O)C1=O. The summed E-state index contributed by atoms with van der Waals surface area (Å²) >= 11 is 0. The number of fused-ring (bicyclic) bond motifs is 2. The number of hydrogen-bond donors (Lipinski definition) is 2. The van der Waals surface area contributed by atoms with Crippen LogP contribution in [0, 0.1) is 11.8 Å². The first-order valence-electron chi connectivity index (χ1n) is 10.9. The number of nitrogens with zero attached hydrogens (tertiary/aromatic N) is 2. The van der Waals surface area contributed by atoms with Crippen molar-refractivity contribution in [2.45, 2.75) is 45.8 Å². The van der Waals surface area contributed by atoms with E-state index in [1.54, 1.807) is 20.0 Å². The van der Waals surface area contributed by atoms with Crippen LogP contribution in [0.3, 0.4) is 0 Å². The Morgan fingerprint density at radius 3 is 2.61 bits per heavy atom. The van der Waals surface area contributed by atoms with Crippen molar-refractivity contribution in [2.75, 3.05) is 6.54 Å². The molecule has 2 atom stereocenters. The molecule has 0 saturated carbocycles. The molecule has 2 amide bonds. The van der Waals surface area contributed by atoms with E-state index in [0.717, 1.165) is 5.56 Å². The molecule has 2 bridgehead atoms. The van der Waals surface area contributed by atoms with Crippen LogP contribution in [0.15, 0.2) is 42.7 Å². The normalized spacial score (nSPS) is 17.1. The van der Waals surface area contributed by atoms with Crippen LogP contribution in [0.2, 0.25) is 0 Å². The van der Waals surface area contributed by atoms with Crippen molar-refractivity contribution < 1.29 is 23.9 Å². The average molecular weight is 453 g/mol. The molecule has 1 aromatic heterocycles. The number of rotatable bonds is 7. The van der Waals surface area contributed by atoms with E-state index in [9.17, 15) is 19.2 Å². The standard InChI is InChI=1S/C24H28N4O5/c1-15(2)21(28-24(32)33-14-16-6-4-3-5-7-16)20(29)11-17-10-19-13-25-12-18(27-19)8-9-26-23(31)22(17)30/h3-7,12-13,15,17,21H,8-11,14H2,1-2H3,(H,26,31)(H,28,32). The van der Waals surface area contributed by atoms with Gasteiger partial charge >= 0.3 is 6.09 Å². The molecule has 0 spiro atoms. The summed E-state index contributed by atoms with van der Waals surface area (Å²) in [6.07, 6.45) is 2.79. The summed E-state index contributed by atoms with van der Waals surface area (Å²) in [6, 6.07) is 8.32. The smallest absolute Gasteiger partial charge is 0.408 e. The summed E-state index contributed by atoms with van der Waals surface area (Å²) in [7, 11) is 0. The van der Waals surface area contributed by atoms with E-state index in [2.05, 4.69) is 20.6 Å². The molecule has 2 unspecified atom stereocenters. The van der Waals surface area contributed by atoms with Gasteiger partial charge in [0.05, 0.1) is 17.4 Å². The molecule has 1 aliphatic heterocycles. The number of nitrogens with one attached hydrogen (secondary N) is 2. The lowest BCUT2D eigenvalue weighted by molar-refractivity contribution is -0.141. The van der Waals surface area contributed by atoms with Crippen LogP contribution in [0.5, 0.6) is 0 Å². The number of hydrogen-bond acceptors (Lipinski definition) is 7. The predicted molar refractivity (Wildman–Crippen MR) is 119 cm³/mol. The van der Waals surface area contributed by atoms with Gasteiger partial charge in [-0.15, -0.1) is 0 Å². The molecule has 3 rings (SSSR count). The number of alkyl carbamates (subject to hydrolysis) is 1. The number of Topliss-reactive ketones (excluding diaryl/α,β-unsaturated/α-hetero) is 2. The van der Waals surface area contributed by atoms with E-state index >= 15 is 0 Å². The first-order chi connectivity index (χ1) is 15.8. The van der Waals surface area contributed by atoms with Crippen LogP contribution in [-0.2, 0) is 38.6 Å². The van der Waals surface area contributed by atoms with E-state index < -0.39 is 29.7 Å². The lowest BCUT2D eigenvalue weighted by Crippen LogP contribution is -2.46. The fourth-order valence-corrected chi connectivity index (χ4v) is 3.64. The number of ether oxygens (including phenoxy) is 1. The zero-order valence-corrected chi connectivity index (χ0v) is 18.7. The number of carbonyl (C=O) groups excluding carboxylic acids is 4. The molecule has 0 fully saturated rings. The molecule has 9 heteroatoms. The minimum Gasteiger partial charge on any atom is -0.445 e. The Bertz CT molecular complexity index is 1010. The van der Waals surface area contributed by atoms with Gasteiger partial charge in [-0.05, 0) is 11.5 Å². The number of carbonyl (C=O) groups is 4. The molecule has 9 nitrogen and oxygen atoms in total.